The van der Waals surface area contributed by atoms with Gasteiger partial charge in [0.1, 0.15) is 12.3 Å². The van der Waals surface area contributed by atoms with E-state index in [2.05, 4.69) is 130 Å². The summed E-state index contributed by atoms with van der Waals surface area (Å²) in [5.74, 6) is 13.5. The standard InChI is InChI=1S/C96H168F2N4/c1-61-17-41-73(42-18-61)99(77-49-29-67(30-50-77)93(5,6)7)85-59-87(101(75-45-21-63(3)22-46-75)79-53-33-69(34-54-79)95(11,12)13)89-82(66-27-39-72(98)40-28-66)58-84-86(100(74-43-19-62(2)20-44-74)78-51-31-68(32-52-78)94(8,9)10)60-88(90-81(57-83(85)91(89)92(84)90)65-25-37-71(97)38-26-65)102(76-47-23-64(4)24-48-76)80-55-35-70(36-56-80)96(14,15)16/h61-92H,17-60H2,1-16H3. The molecule has 0 spiro atoms. The Bertz CT molecular complexity index is 2370. The molecule has 0 aromatic carbocycles. The Labute approximate surface area is 631 Å². The van der Waals surface area contributed by atoms with Crippen molar-refractivity contribution in [1.29, 1.82) is 0 Å². The number of halogens is 2. The fraction of sp³-hybridized carbons (Fsp3) is 1.00. The van der Waals surface area contributed by atoms with Gasteiger partial charge in [-0.2, -0.15) is 0 Å². The molecule has 14 fully saturated rings. The molecule has 0 aromatic rings. The lowest BCUT2D eigenvalue weighted by Gasteiger charge is -2.73. The summed E-state index contributed by atoms with van der Waals surface area (Å²) in [6.07, 6.45) is 57.6. The monoisotopic (exact) mass is 1420 g/mol. The molecule has 0 aliphatic heterocycles. The van der Waals surface area contributed by atoms with Crippen molar-refractivity contribution in [3.05, 3.63) is 0 Å². The lowest BCUT2D eigenvalue weighted by molar-refractivity contribution is -0.235. The van der Waals surface area contributed by atoms with Crippen LogP contribution in [0.1, 0.15) is 393 Å². The molecule has 4 nitrogen and oxygen atoms in total. The van der Waals surface area contributed by atoms with Crippen molar-refractivity contribution in [2.75, 3.05) is 0 Å². The molecule has 14 aliphatic carbocycles. The van der Waals surface area contributed by atoms with Crippen LogP contribution in [0.15, 0.2) is 0 Å². The average Bonchev–Trinajstić information content (AvgIpc) is 0.685. The Morgan fingerprint density at radius 2 is 0.402 bits per heavy atom. The van der Waals surface area contributed by atoms with Crippen LogP contribution in [0.2, 0.25) is 0 Å². The van der Waals surface area contributed by atoms with Gasteiger partial charge in [-0.15, -0.1) is 0 Å². The Morgan fingerprint density at radius 3 is 0.608 bits per heavy atom. The van der Waals surface area contributed by atoms with Gasteiger partial charge in [0.05, 0.1) is 0 Å². The molecule has 0 radical (unpaired) electrons. The van der Waals surface area contributed by atoms with Crippen LogP contribution in [0.4, 0.5) is 8.78 Å². The van der Waals surface area contributed by atoms with E-state index in [4.69, 9.17) is 0 Å². The van der Waals surface area contributed by atoms with Crippen LogP contribution in [0.25, 0.3) is 0 Å². The molecule has 14 rings (SSSR count). The maximum absolute atomic E-state index is 16.5. The first-order valence-corrected chi connectivity index (χ1v) is 46.9. The van der Waals surface area contributed by atoms with E-state index in [0.717, 1.165) is 98.7 Å². The second-order valence-electron chi connectivity index (χ2n) is 46.1. The van der Waals surface area contributed by atoms with Gasteiger partial charge in [-0.25, -0.2) is 8.78 Å². The smallest absolute Gasteiger partial charge is 0.100 e. The minimum Gasteiger partial charge on any atom is -0.294 e. The maximum Gasteiger partial charge on any atom is 0.100 e. The first kappa shape index (κ1) is 78.4. The van der Waals surface area contributed by atoms with Crippen LogP contribution in [0.3, 0.4) is 0 Å². The van der Waals surface area contributed by atoms with Crippen molar-refractivity contribution in [2.24, 2.45) is 128 Å². The maximum atomic E-state index is 16.5. The molecular formula is C96H168F2N4. The normalized spacial score (nSPS) is 47.7. The van der Waals surface area contributed by atoms with E-state index in [0.29, 0.717) is 153 Å². The first-order chi connectivity index (χ1) is 48.5. The first-order valence-electron chi connectivity index (χ1n) is 46.9. The molecule has 12 atom stereocenters. The summed E-state index contributed by atoms with van der Waals surface area (Å²) >= 11 is 0. The van der Waals surface area contributed by atoms with Crippen molar-refractivity contribution in [2.45, 2.75) is 478 Å². The minimum absolute atomic E-state index is 0.360. The third-order valence-corrected chi connectivity index (χ3v) is 36.4. The second kappa shape index (κ2) is 32.4. The Hall–Kier alpha value is -0.300. The third-order valence-electron chi connectivity index (χ3n) is 36.4. The van der Waals surface area contributed by atoms with E-state index in [1.165, 1.54) is 231 Å². The highest BCUT2D eigenvalue weighted by molar-refractivity contribution is 5.21. The summed E-state index contributed by atoms with van der Waals surface area (Å²) in [7, 11) is 0. The number of nitrogens with zero attached hydrogens (tertiary/aromatic N) is 4. The van der Waals surface area contributed by atoms with Gasteiger partial charge in [-0.1, -0.05) is 111 Å². The molecule has 0 amide bonds. The average molecular weight is 1420 g/mol. The molecule has 14 saturated carbocycles. The molecule has 0 heterocycles. The van der Waals surface area contributed by atoms with Crippen LogP contribution in [0.5, 0.6) is 0 Å². The van der Waals surface area contributed by atoms with E-state index in [1.807, 2.05) is 0 Å². The van der Waals surface area contributed by atoms with Gasteiger partial charge in [0, 0.05) is 72.5 Å². The molecule has 14 aliphatic rings. The summed E-state index contributed by atoms with van der Waals surface area (Å²) < 4.78 is 33.0. The molecule has 0 aromatic heterocycles. The summed E-state index contributed by atoms with van der Waals surface area (Å²) in [6, 6.07) is 8.00. The molecule has 0 N–H and O–H groups in total. The molecular weight excluding hydrogens is 1250 g/mol. The Morgan fingerprint density at radius 1 is 0.206 bits per heavy atom. The highest BCUT2D eigenvalue weighted by Gasteiger charge is 2.69. The largest absolute Gasteiger partial charge is 0.294 e. The Balaban J connectivity index is 1.01. The zero-order valence-electron chi connectivity index (χ0n) is 70.1. The van der Waals surface area contributed by atoms with E-state index in [1.54, 1.807) is 0 Å². The van der Waals surface area contributed by atoms with Gasteiger partial charge in [0.2, 0.25) is 0 Å². The van der Waals surface area contributed by atoms with Crippen molar-refractivity contribution in [3.63, 3.8) is 0 Å². The van der Waals surface area contributed by atoms with Gasteiger partial charge in [-0.3, -0.25) is 19.6 Å². The number of alkyl halides is 2. The fourth-order valence-electron chi connectivity index (χ4n) is 30.4. The van der Waals surface area contributed by atoms with Crippen LogP contribution >= 0.6 is 0 Å². The molecule has 0 saturated heterocycles. The number of rotatable bonds is 14. The highest BCUT2D eigenvalue weighted by atomic mass is 19.1. The van der Waals surface area contributed by atoms with E-state index >= 15 is 8.78 Å². The van der Waals surface area contributed by atoms with E-state index < -0.39 is 12.3 Å². The topological polar surface area (TPSA) is 13.0 Å². The molecule has 6 heteroatoms. The lowest BCUT2D eigenvalue weighted by atomic mass is 9.38. The van der Waals surface area contributed by atoms with Crippen molar-refractivity contribution >= 4 is 0 Å². The zero-order valence-corrected chi connectivity index (χ0v) is 70.1. The summed E-state index contributed by atoms with van der Waals surface area (Å²) in [4.78, 5) is 14.5. The minimum atomic E-state index is -0.613. The summed E-state index contributed by atoms with van der Waals surface area (Å²) in [5, 5.41) is 0. The summed E-state index contributed by atoms with van der Waals surface area (Å²) in [5.41, 5.74) is 1.44. The van der Waals surface area contributed by atoms with Gasteiger partial charge in [-0.05, 0) is 411 Å². The van der Waals surface area contributed by atoms with Gasteiger partial charge < -0.3 is 0 Å². The van der Waals surface area contributed by atoms with Gasteiger partial charge >= 0.3 is 0 Å². The SMILES string of the molecule is CC1CCC(N(C2CCC(C(C)(C)C)CC2)C2CC(N(C3CCC(C)CC3)C3CCC(C(C)(C)C)CC3)C3C(C4CCC(F)CC4)CC4C5C3C2CC(C2CCC(F)CC2)C5C(N(C2CCC(C)CC2)C2CCC(C(C)(C)C)CC2)CC4N(C2CCC(C)CC2)C2CCC(C(C)(C)C)CC2)CC1. The lowest BCUT2D eigenvalue weighted by Crippen LogP contribution is -2.75. The summed E-state index contributed by atoms with van der Waals surface area (Å²) in [6.45, 7) is 41.6. The Kier molecular flexibility index (Phi) is 24.9. The molecule has 102 heavy (non-hydrogen) atoms. The van der Waals surface area contributed by atoms with Crippen LogP contribution in [0, 0.1) is 128 Å². The quantitative estimate of drug-likeness (QED) is 0.172. The van der Waals surface area contributed by atoms with E-state index in [9.17, 15) is 0 Å². The number of hydrogen-bond donors (Lipinski definition) is 0. The molecule has 0 bridgehead atoms. The van der Waals surface area contributed by atoms with Crippen LogP contribution < -0.4 is 0 Å². The van der Waals surface area contributed by atoms with Crippen LogP contribution in [-0.4, -0.2) is 104 Å². The third kappa shape index (κ3) is 16.9. The van der Waals surface area contributed by atoms with Crippen molar-refractivity contribution in [1.82, 2.24) is 19.6 Å². The number of hydrogen-bond acceptors (Lipinski definition) is 4. The van der Waals surface area contributed by atoms with E-state index in [-0.39, 0.29) is 0 Å². The fourth-order valence-corrected chi connectivity index (χ4v) is 30.4. The zero-order chi connectivity index (χ0) is 71.9. The second-order valence-corrected chi connectivity index (χ2v) is 46.1. The molecule has 586 valence electrons. The van der Waals surface area contributed by atoms with Crippen molar-refractivity contribution in [3.8, 4) is 0 Å². The predicted molar refractivity (Wildman–Crippen MR) is 429 cm³/mol. The van der Waals surface area contributed by atoms with Crippen molar-refractivity contribution < 1.29 is 8.78 Å². The highest BCUT2D eigenvalue weighted by Crippen LogP contribution is 2.70. The van der Waals surface area contributed by atoms with Gasteiger partial charge in [0.15, 0.2) is 0 Å². The molecule has 12 unspecified atom stereocenters. The van der Waals surface area contributed by atoms with Gasteiger partial charge in [0.25, 0.3) is 0 Å². The predicted octanol–water partition coefficient (Wildman–Crippen LogP) is 26.0. The van der Waals surface area contributed by atoms with Crippen LogP contribution in [-0.2, 0) is 0 Å².